The molecule has 0 saturated carbocycles. The van der Waals surface area contributed by atoms with Crippen LogP contribution in [0.2, 0.25) is 0 Å². The number of nitrogens with one attached hydrogen (secondary N) is 1. The van der Waals surface area contributed by atoms with E-state index in [4.69, 9.17) is 0 Å². The molecule has 0 aliphatic carbocycles. The lowest BCUT2D eigenvalue weighted by Crippen LogP contribution is -2.49. The number of carbonyl (C=O) groups excluding carboxylic acids is 3. The molecule has 7 nitrogen and oxygen atoms in total. The number of carbonyl (C=O) groups is 3. The summed E-state index contributed by atoms with van der Waals surface area (Å²) in [5, 5.41) is 12.0. The maximum Gasteiger partial charge on any atom is 0.328 e. The average Bonchev–Trinajstić information content (AvgIpc) is 2.70. The first kappa shape index (κ1) is 14.4. The molecular formula is C11H18N2O5. The van der Waals surface area contributed by atoms with Crippen LogP contribution in [0.4, 0.5) is 0 Å². The molecule has 1 aliphatic heterocycles. The highest BCUT2D eigenvalue weighted by atomic mass is 16.5. The van der Waals surface area contributed by atoms with Gasteiger partial charge in [-0.3, -0.25) is 9.59 Å². The lowest BCUT2D eigenvalue weighted by molar-refractivity contribution is -0.145. The van der Waals surface area contributed by atoms with Crippen molar-refractivity contribution in [3.8, 4) is 0 Å². The molecule has 0 bridgehead atoms. The fraction of sp³-hybridized carbons (Fsp3) is 0.727. The fourth-order valence-electron chi connectivity index (χ4n) is 1.96. The van der Waals surface area contributed by atoms with Gasteiger partial charge >= 0.3 is 5.97 Å². The van der Waals surface area contributed by atoms with E-state index in [1.165, 1.54) is 25.9 Å². The van der Waals surface area contributed by atoms with Crippen molar-refractivity contribution in [1.29, 1.82) is 0 Å². The standard InChI is InChI=1S/C11H18N2O5/c1-6(11(17)18-3)12-10(16)9-4-8(15)5-13(9)7(2)14/h6,8-9,15H,4-5H2,1-3H3,(H,12,16)/t6-,8+,9-/m0/s1. The quantitative estimate of drug-likeness (QED) is 0.610. The second kappa shape index (κ2) is 5.81. The van der Waals surface area contributed by atoms with Crippen molar-refractivity contribution in [3.05, 3.63) is 0 Å². The topological polar surface area (TPSA) is 95.9 Å². The third kappa shape index (κ3) is 3.19. The number of β-amino-alcohol motifs (C(OH)–C–C–N with tert-alkyl or cyclic N) is 1. The van der Waals surface area contributed by atoms with Crippen molar-refractivity contribution in [3.63, 3.8) is 0 Å². The number of nitrogens with zero attached hydrogens (tertiary/aromatic N) is 1. The summed E-state index contributed by atoms with van der Waals surface area (Å²) in [5.41, 5.74) is 0. The summed E-state index contributed by atoms with van der Waals surface area (Å²) in [6.07, 6.45) is -0.530. The highest BCUT2D eigenvalue weighted by molar-refractivity contribution is 5.90. The van der Waals surface area contributed by atoms with E-state index in [1.54, 1.807) is 0 Å². The van der Waals surface area contributed by atoms with Crippen LogP contribution in [-0.4, -0.2) is 59.6 Å². The molecule has 1 fully saturated rings. The van der Waals surface area contributed by atoms with Crippen LogP contribution >= 0.6 is 0 Å². The van der Waals surface area contributed by atoms with Crippen LogP contribution in [0.3, 0.4) is 0 Å². The van der Waals surface area contributed by atoms with E-state index in [9.17, 15) is 19.5 Å². The number of methoxy groups -OCH3 is 1. The molecule has 0 aromatic carbocycles. The molecule has 2 N–H and O–H groups in total. The Morgan fingerprint density at radius 2 is 2.06 bits per heavy atom. The number of esters is 1. The predicted molar refractivity (Wildman–Crippen MR) is 61.4 cm³/mol. The Kier molecular flexibility index (Phi) is 4.66. The molecule has 1 saturated heterocycles. The van der Waals surface area contributed by atoms with E-state index < -0.39 is 30.1 Å². The number of aliphatic hydroxyl groups excluding tert-OH is 1. The zero-order valence-electron chi connectivity index (χ0n) is 10.7. The van der Waals surface area contributed by atoms with E-state index >= 15 is 0 Å². The maximum atomic E-state index is 11.9. The van der Waals surface area contributed by atoms with Gasteiger partial charge in [0.2, 0.25) is 11.8 Å². The summed E-state index contributed by atoms with van der Waals surface area (Å²) >= 11 is 0. The Morgan fingerprint density at radius 1 is 1.44 bits per heavy atom. The minimum Gasteiger partial charge on any atom is -0.467 e. The van der Waals surface area contributed by atoms with Gasteiger partial charge in [-0.2, -0.15) is 0 Å². The second-order valence-corrected chi connectivity index (χ2v) is 4.33. The van der Waals surface area contributed by atoms with Crippen LogP contribution < -0.4 is 5.32 Å². The SMILES string of the molecule is COC(=O)[C@H](C)NC(=O)[C@@H]1C[C@@H](O)CN1C(C)=O. The summed E-state index contributed by atoms with van der Waals surface area (Å²) in [5.74, 6) is -1.30. The van der Waals surface area contributed by atoms with E-state index in [2.05, 4.69) is 10.1 Å². The Hall–Kier alpha value is -1.63. The van der Waals surface area contributed by atoms with Gasteiger partial charge in [-0.25, -0.2) is 4.79 Å². The van der Waals surface area contributed by atoms with E-state index in [0.717, 1.165) is 0 Å². The lowest BCUT2D eigenvalue weighted by atomic mass is 10.1. The molecular weight excluding hydrogens is 240 g/mol. The molecule has 0 radical (unpaired) electrons. The van der Waals surface area contributed by atoms with E-state index in [0.29, 0.717) is 0 Å². The van der Waals surface area contributed by atoms with Gasteiger partial charge in [0.25, 0.3) is 0 Å². The highest BCUT2D eigenvalue weighted by Gasteiger charge is 2.38. The van der Waals surface area contributed by atoms with Crippen LogP contribution in [0.1, 0.15) is 20.3 Å². The number of hydrogen-bond acceptors (Lipinski definition) is 5. The Morgan fingerprint density at radius 3 is 2.56 bits per heavy atom. The zero-order chi connectivity index (χ0) is 13.9. The lowest BCUT2D eigenvalue weighted by Gasteiger charge is -2.23. The zero-order valence-corrected chi connectivity index (χ0v) is 10.7. The number of likely N-dealkylation sites (tertiary alicyclic amines) is 1. The number of ether oxygens (including phenoxy) is 1. The smallest absolute Gasteiger partial charge is 0.328 e. The largest absolute Gasteiger partial charge is 0.467 e. The first-order chi connectivity index (χ1) is 8.36. The third-order valence-corrected chi connectivity index (χ3v) is 2.90. The first-order valence-electron chi connectivity index (χ1n) is 5.70. The summed E-state index contributed by atoms with van der Waals surface area (Å²) < 4.78 is 4.49. The number of hydrogen-bond donors (Lipinski definition) is 2. The normalized spacial score (nSPS) is 24.6. The Labute approximate surface area is 105 Å². The van der Waals surface area contributed by atoms with Crippen molar-refractivity contribution >= 4 is 17.8 Å². The molecule has 3 atom stereocenters. The van der Waals surface area contributed by atoms with E-state index in [-0.39, 0.29) is 18.9 Å². The monoisotopic (exact) mass is 258 g/mol. The predicted octanol–water partition coefficient (Wildman–Crippen LogP) is -1.35. The Bertz CT molecular complexity index is 357. The van der Waals surface area contributed by atoms with Crippen LogP contribution in [-0.2, 0) is 19.1 Å². The van der Waals surface area contributed by atoms with Crippen molar-refractivity contribution in [1.82, 2.24) is 10.2 Å². The number of amides is 2. The van der Waals surface area contributed by atoms with Gasteiger partial charge in [0.05, 0.1) is 13.2 Å². The molecule has 7 heteroatoms. The van der Waals surface area contributed by atoms with Crippen LogP contribution in [0, 0.1) is 0 Å². The molecule has 18 heavy (non-hydrogen) atoms. The number of rotatable bonds is 3. The summed E-state index contributed by atoms with van der Waals surface area (Å²) in [7, 11) is 1.23. The first-order valence-corrected chi connectivity index (χ1v) is 5.70. The molecule has 0 unspecified atom stereocenters. The van der Waals surface area contributed by atoms with Gasteiger partial charge < -0.3 is 20.1 Å². The molecule has 1 aliphatic rings. The van der Waals surface area contributed by atoms with Crippen molar-refractivity contribution in [2.24, 2.45) is 0 Å². The third-order valence-electron chi connectivity index (χ3n) is 2.90. The average molecular weight is 258 g/mol. The molecule has 0 spiro atoms. The number of aliphatic hydroxyl groups is 1. The highest BCUT2D eigenvalue weighted by Crippen LogP contribution is 2.18. The Balaban J connectivity index is 2.65. The summed E-state index contributed by atoms with van der Waals surface area (Å²) in [4.78, 5) is 35.7. The second-order valence-electron chi connectivity index (χ2n) is 4.33. The van der Waals surface area contributed by atoms with Gasteiger partial charge in [-0.05, 0) is 6.92 Å². The van der Waals surface area contributed by atoms with Crippen LogP contribution in [0.25, 0.3) is 0 Å². The van der Waals surface area contributed by atoms with Gasteiger partial charge in [0.15, 0.2) is 0 Å². The van der Waals surface area contributed by atoms with Crippen molar-refractivity contribution in [2.45, 2.75) is 38.5 Å². The molecule has 0 aromatic rings. The van der Waals surface area contributed by atoms with Crippen LogP contribution in [0.5, 0.6) is 0 Å². The molecule has 1 rings (SSSR count). The van der Waals surface area contributed by atoms with Gasteiger partial charge in [-0.1, -0.05) is 0 Å². The molecule has 1 heterocycles. The van der Waals surface area contributed by atoms with E-state index in [1.807, 2.05) is 0 Å². The van der Waals surface area contributed by atoms with Gasteiger partial charge in [-0.15, -0.1) is 0 Å². The van der Waals surface area contributed by atoms with Crippen molar-refractivity contribution in [2.75, 3.05) is 13.7 Å². The molecule has 0 aromatic heterocycles. The fourth-order valence-corrected chi connectivity index (χ4v) is 1.96. The molecule has 2 amide bonds. The van der Waals surface area contributed by atoms with Gasteiger partial charge in [0.1, 0.15) is 12.1 Å². The van der Waals surface area contributed by atoms with Crippen LogP contribution in [0.15, 0.2) is 0 Å². The van der Waals surface area contributed by atoms with Gasteiger partial charge in [0, 0.05) is 19.9 Å². The van der Waals surface area contributed by atoms with Crippen molar-refractivity contribution < 1.29 is 24.2 Å². The minimum absolute atomic E-state index is 0.139. The minimum atomic E-state index is -0.783. The molecule has 102 valence electrons. The summed E-state index contributed by atoms with van der Waals surface area (Å²) in [6.45, 7) is 2.97. The maximum absolute atomic E-state index is 11.9. The summed E-state index contributed by atoms with van der Waals surface area (Å²) in [6, 6.07) is -1.52.